The van der Waals surface area contributed by atoms with Crippen molar-refractivity contribution >= 4 is 39.7 Å². The first-order chi connectivity index (χ1) is 17.0. The molecule has 7 nitrogen and oxygen atoms in total. The molecule has 0 spiro atoms. The highest BCUT2D eigenvalue weighted by molar-refractivity contribution is 7.08. The summed E-state index contributed by atoms with van der Waals surface area (Å²) in [4.78, 5) is 19.3. The summed E-state index contributed by atoms with van der Waals surface area (Å²) >= 11 is 8.06. The third-order valence-electron chi connectivity index (χ3n) is 6.75. The number of hydrogen-bond acceptors (Lipinski definition) is 7. The molecule has 9 heteroatoms. The summed E-state index contributed by atoms with van der Waals surface area (Å²) < 4.78 is 5.33. The van der Waals surface area contributed by atoms with Crippen molar-refractivity contribution in [3.05, 3.63) is 57.4 Å². The zero-order chi connectivity index (χ0) is 24.8. The Bertz CT molecular complexity index is 1230. The fourth-order valence-corrected chi connectivity index (χ4v) is 5.49. The number of carbonyl (C=O) groups is 1. The molecule has 0 bridgehead atoms. The van der Waals surface area contributed by atoms with Crippen LogP contribution in [0.2, 0.25) is 5.02 Å². The number of methoxy groups -OCH3 is 1. The Balaban J connectivity index is 1.46. The van der Waals surface area contributed by atoms with Crippen molar-refractivity contribution in [3.63, 3.8) is 0 Å². The number of ether oxygens (including phenoxy) is 1. The molecule has 3 aromatic rings. The van der Waals surface area contributed by atoms with Gasteiger partial charge in [-0.15, -0.1) is 0 Å². The van der Waals surface area contributed by atoms with E-state index < -0.39 is 17.4 Å². The first-order valence-electron chi connectivity index (χ1n) is 11.4. The molecular formula is C26H28ClN3O4S. The highest BCUT2D eigenvalue weighted by Crippen LogP contribution is 2.41. The second-order valence-corrected chi connectivity index (χ2v) is 9.96. The van der Waals surface area contributed by atoms with Crippen molar-refractivity contribution in [1.29, 1.82) is 0 Å². The molecule has 35 heavy (non-hydrogen) atoms. The van der Waals surface area contributed by atoms with E-state index in [4.69, 9.17) is 16.3 Å². The number of pyridine rings is 1. The Morgan fingerprint density at radius 1 is 1.37 bits per heavy atom. The lowest BCUT2D eigenvalue weighted by atomic mass is 9.73. The van der Waals surface area contributed by atoms with Gasteiger partial charge in [0.1, 0.15) is 5.75 Å². The molecular weight excluding hydrogens is 486 g/mol. The Labute approximate surface area is 213 Å². The van der Waals surface area contributed by atoms with Gasteiger partial charge in [0, 0.05) is 41.2 Å². The molecule has 1 aliphatic rings. The van der Waals surface area contributed by atoms with Gasteiger partial charge in [-0.05, 0) is 55.3 Å². The van der Waals surface area contributed by atoms with Crippen LogP contribution in [0.3, 0.4) is 0 Å². The van der Waals surface area contributed by atoms with Crippen molar-refractivity contribution < 1.29 is 19.8 Å². The molecule has 2 aromatic heterocycles. The third-order valence-corrected chi connectivity index (χ3v) is 7.74. The second-order valence-electron chi connectivity index (χ2n) is 8.77. The fourth-order valence-electron chi connectivity index (χ4n) is 4.63. The molecule has 1 amide bonds. The van der Waals surface area contributed by atoms with Crippen LogP contribution < -0.4 is 10.2 Å². The highest BCUT2D eigenvalue weighted by Gasteiger charge is 2.41. The van der Waals surface area contributed by atoms with Gasteiger partial charge in [0.05, 0.1) is 35.7 Å². The van der Waals surface area contributed by atoms with E-state index in [1.165, 1.54) is 6.20 Å². The van der Waals surface area contributed by atoms with Crippen LogP contribution in [0.4, 0.5) is 0 Å². The molecule has 0 radical (unpaired) electrons. The zero-order valence-corrected chi connectivity index (χ0v) is 21.0. The lowest BCUT2D eigenvalue weighted by Gasteiger charge is -2.40. The summed E-state index contributed by atoms with van der Waals surface area (Å²) in [5, 5.41) is 25.7. The molecule has 1 saturated heterocycles. The maximum Gasteiger partial charge on any atom is 0.249 e. The Morgan fingerprint density at radius 2 is 2.17 bits per heavy atom. The van der Waals surface area contributed by atoms with Crippen molar-refractivity contribution in [2.45, 2.75) is 31.8 Å². The number of aliphatic hydroxyl groups excluding tert-OH is 1. The van der Waals surface area contributed by atoms with E-state index in [0.29, 0.717) is 72.6 Å². The predicted molar refractivity (Wildman–Crippen MR) is 137 cm³/mol. The summed E-state index contributed by atoms with van der Waals surface area (Å²) in [7, 11) is 1.58. The summed E-state index contributed by atoms with van der Waals surface area (Å²) in [5.74, 6) is 6.57. The van der Waals surface area contributed by atoms with Gasteiger partial charge in [0.15, 0.2) is 0 Å². The minimum atomic E-state index is -0.905. The minimum Gasteiger partial charge on any atom is -0.497 e. The number of piperidine rings is 1. The third kappa shape index (κ3) is 5.77. The maximum absolute atomic E-state index is 12.7. The molecule has 0 saturated carbocycles. The Kier molecular flexibility index (Phi) is 8.26. The Morgan fingerprint density at radius 3 is 2.86 bits per heavy atom. The van der Waals surface area contributed by atoms with E-state index in [1.807, 2.05) is 28.4 Å². The van der Waals surface area contributed by atoms with Crippen LogP contribution in [0, 0.1) is 17.3 Å². The average Bonchev–Trinajstić information content (AvgIpc) is 3.40. The molecule has 4 rings (SSSR count). The number of likely N-dealkylation sites (tertiary alicyclic amines) is 1. The number of rotatable bonds is 7. The fraction of sp³-hybridized carbons (Fsp3) is 0.385. The normalized spacial score (nSPS) is 16.3. The molecule has 1 atom stereocenters. The number of hydrogen-bond donors (Lipinski definition) is 3. The van der Waals surface area contributed by atoms with Gasteiger partial charge in [0.2, 0.25) is 5.91 Å². The molecule has 1 unspecified atom stereocenters. The number of hydroxylamine groups is 1. The van der Waals surface area contributed by atoms with Gasteiger partial charge in [-0.2, -0.15) is 11.3 Å². The van der Waals surface area contributed by atoms with Gasteiger partial charge < -0.3 is 9.84 Å². The average molecular weight is 514 g/mol. The van der Waals surface area contributed by atoms with E-state index >= 15 is 0 Å². The number of halogens is 1. The van der Waals surface area contributed by atoms with E-state index in [9.17, 15) is 15.1 Å². The number of thiophene rings is 1. The minimum absolute atomic E-state index is 0.307. The maximum atomic E-state index is 12.7. The van der Waals surface area contributed by atoms with Gasteiger partial charge in [0.25, 0.3) is 0 Å². The lowest BCUT2D eigenvalue weighted by Crippen LogP contribution is -2.48. The van der Waals surface area contributed by atoms with Crippen LogP contribution in [0.25, 0.3) is 10.9 Å². The van der Waals surface area contributed by atoms with Crippen molar-refractivity contribution in [2.75, 3.05) is 26.7 Å². The number of aliphatic hydroxyl groups is 1. The topological polar surface area (TPSA) is 94.9 Å². The number of fused-ring (bicyclic) bond motifs is 1. The first-order valence-corrected chi connectivity index (χ1v) is 12.8. The van der Waals surface area contributed by atoms with E-state index in [2.05, 4.69) is 21.7 Å². The number of nitrogens with zero attached hydrogens (tertiary/aromatic N) is 2. The van der Waals surface area contributed by atoms with Gasteiger partial charge in [-0.3, -0.25) is 19.9 Å². The van der Waals surface area contributed by atoms with Crippen LogP contribution in [-0.2, 0) is 4.79 Å². The van der Waals surface area contributed by atoms with E-state index in [-0.39, 0.29) is 0 Å². The van der Waals surface area contributed by atoms with Crippen molar-refractivity contribution in [1.82, 2.24) is 15.4 Å². The van der Waals surface area contributed by atoms with E-state index in [0.717, 1.165) is 5.56 Å². The van der Waals surface area contributed by atoms with Gasteiger partial charge in [-0.1, -0.05) is 23.4 Å². The van der Waals surface area contributed by atoms with E-state index in [1.54, 1.807) is 30.6 Å². The zero-order valence-electron chi connectivity index (χ0n) is 19.5. The second kappa shape index (κ2) is 11.4. The molecule has 3 N–H and O–H groups in total. The van der Waals surface area contributed by atoms with Crippen LogP contribution in [0.15, 0.2) is 41.2 Å². The number of carbonyl (C=O) groups excluding carboxylic acids is 1. The largest absolute Gasteiger partial charge is 0.497 e. The molecule has 3 heterocycles. The van der Waals surface area contributed by atoms with Gasteiger partial charge in [-0.25, -0.2) is 5.48 Å². The van der Waals surface area contributed by atoms with Crippen LogP contribution in [-0.4, -0.2) is 52.8 Å². The Hall–Kier alpha value is -2.67. The standard InChI is InChI=1S/C26H28ClN3O4S/c1-34-19-4-5-22-20(15-19)24(21(27)16-28-22)23(31)6-8-26(25(32)29-33)9-12-30(13-10-26)11-2-3-18-7-14-35-17-18/h4-5,7,14-17,23,31,33H,6,8-13H2,1H3,(H,29,32). The molecule has 0 aliphatic carbocycles. The quantitative estimate of drug-likeness (QED) is 0.246. The SMILES string of the molecule is COc1ccc2ncc(Cl)c(C(O)CCC3(C(=O)NO)CCN(CC#Cc4ccsc4)CC3)c2c1. The van der Waals surface area contributed by atoms with Crippen molar-refractivity contribution in [2.24, 2.45) is 5.41 Å². The molecule has 1 aromatic carbocycles. The summed E-state index contributed by atoms with van der Waals surface area (Å²) in [6.45, 7) is 1.98. The lowest BCUT2D eigenvalue weighted by molar-refractivity contribution is -0.143. The van der Waals surface area contributed by atoms with Crippen molar-refractivity contribution in [3.8, 4) is 17.6 Å². The number of nitrogens with one attached hydrogen (secondary N) is 1. The molecule has 1 fully saturated rings. The smallest absolute Gasteiger partial charge is 0.249 e. The van der Waals surface area contributed by atoms with Crippen LogP contribution in [0.1, 0.15) is 42.9 Å². The highest BCUT2D eigenvalue weighted by atomic mass is 35.5. The number of aromatic nitrogens is 1. The summed E-state index contributed by atoms with van der Waals surface area (Å²) in [6, 6.07) is 7.42. The number of benzene rings is 1. The van der Waals surface area contributed by atoms with Gasteiger partial charge >= 0.3 is 0 Å². The molecule has 184 valence electrons. The van der Waals surface area contributed by atoms with Crippen LogP contribution in [0.5, 0.6) is 5.75 Å². The summed E-state index contributed by atoms with van der Waals surface area (Å²) in [6.07, 6.45) is 2.45. The summed E-state index contributed by atoms with van der Waals surface area (Å²) in [5.41, 5.74) is 3.35. The monoisotopic (exact) mass is 513 g/mol. The predicted octanol–water partition coefficient (Wildman–Crippen LogP) is 4.41. The van der Waals surface area contributed by atoms with Crippen LogP contribution >= 0.6 is 22.9 Å². The molecule has 1 aliphatic heterocycles. The first kappa shape index (κ1) is 25.4. The number of amides is 1.